The second-order valence-electron chi connectivity index (χ2n) is 8.00. The minimum absolute atomic E-state index is 0.201. The molecule has 1 heterocycles. The number of rotatable bonds is 9. The average Bonchev–Trinajstić information content (AvgIpc) is 3.17. The van der Waals surface area contributed by atoms with Crippen LogP contribution in [-0.2, 0) is 11.4 Å². The summed E-state index contributed by atoms with van der Waals surface area (Å²) >= 11 is 13.1. The van der Waals surface area contributed by atoms with Gasteiger partial charge in [0, 0.05) is 30.4 Å². The van der Waals surface area contributed by atoms with Gasteiger partial charge in [0.15, 0.2) is 4.32 Å². The summed E-state index contributed by atoms with van der Waals surface area (Å²) in [6.45, 7) is 6.44. The maximum Gasteiger partial charge on any atom is 0.270 e. The summed E-state index contributed by atoms with van der Waals surface area (Å²) in [5.41, 5.74) is 3.55. The van der Waals surface area contributed by atoms with E-state index in [2.05, 4.69) is 24.8 Å². The molecule has 1 amide bonds. The third-order valence-electron chi connectivity index (χ3n) is 5.84. The summed E-state index contributed by atoms with van der Waals surface area (Å²) in [5, 5.41) is 0.414. The van der Waals surface area contributed by atoms with Gasteiger partial charge in [0.2, 0.25) is 0 Å². The second kappa shape index (κ2) is 11.8. The number of amides is 1. The molecule has 0 atom stereocenters. The Kier molecular flexibility index (Phi) is 8.56. The molecule has 8 heteroatoms. The molecular weight excluding hydrogens is 512 g/mol. The number of hydrogen-bond acceptors (Lipinski definition) is 6. The van der Waals surface area contributed by atoms with E-state index in [0.717, 1.165) is 29.9 Å². The van der Waals surface area contributed by atoms with E-state index in [0.29, 0.717) is 38.0 Å². The molecule has 4 rings (SSSR count). The minimum atomic E-state index is -0.201. The summed E-state index contributed by atoms with van der Waals surface area (Å²) in [6.07, 6.45) is 1.84. The molecule has 0 spiro atoms. The van der Waals surface area contributed by atoms with Crippen LogP contribution < -0.4 is 19.3 Å². The Morgan fingerprint density at radius 3 is 2.44 bits per heavy atom. The Hall–Kier alpha value is -3.00. The standard InChI is InChI=1S/C28H27ClN2O3S2/c1-4-30(5-2)21-12-11-20(25(17-21)34-18-19-9-7-6-8-10-19)15-26-27(32)31(28(35)36-26)22-13-14-24(33-3)23(29)16-22/h6-17H,4-5,18H2,1-3H3/b26-15+. The van der Waals surface area contributed by atoms with Gasteiger partial charge < -0.3 is 14.4 Å². The zero-order valence-corrected chi connectivity index (χ0v) is 22.8. The van der Waals surface area contributed by atoms with Gasteiger partial charge in [-0.2, -0.15) is 0 Å². The Bertz CT molecular complexity index is 1290. The highest BCUT2D eigenvalue weighted by molar-refractivity contribution is 8.27. The summed E-state index contributed by atoms with van der Waals surface area (Å²) in [6, 6.07) is 21.3. The number of carbonyl (C=O) groups excluding carboxylic acids is 1. The summed E-state index contributed by atoms with van der Waals surface area (Å²) in [4.78, 5) is 17.6. The first-order chi connectivity index (χ1) is 17.4. The highest BCUT2D eigenvalue weighted by Crippen LogP contribution is 2.39. The molecule has 1 saturated heterocycles. The van der Waals surface area contributed by atoms with Crippen molar-refractivity contribution in [2.45, 2.75) is 20.5 Å². The lowest BCUT2D eigenvalue weighted by Gasteiger charge is -2.22. The lowest BCUT2D eigenvalue weighted by atomic mass is 10.1. The van der Waals surface area contributed by atoms with Crippen molar-refractivity contribution in [1.82, 2.24) is 0 Å². The molecule has 0 saturated carbocycles. The number of thiocarbonyl (C=S) groups is 1. The third-order valence-corrected chi connectivity index (χ3v) is 7.43. The fourth-order valence-electron chi connectivity index (χ4n) is 3.91. The van der Waals surface area contributed by atoms with Gasteiger partial charge in [-0.05, 0) is 55.8 Å². The Morgan fingerprint density at radius 1 is 1.03 bits per heavy atom. The molecule has 186 valence electrons. The van der Waals surface area contributed by atoms with Crippen molar-refractivity contribution >= 4 is 63.3 Å². The number of carbonyl (C=O) groups is 1. The first kappa shape index (κ1) is 26.1. The largest absolute Gasteiger partial charge is 0.495 e. The van der Waals surface area contributed by atoms with Crippen molar-refractivity contribution in [3.63, 3.8) is 0 Å². The first-order valence-electron chi connectivity index (χ1n) is 11.6. The van der Waals surface area contributed by atoms with E-state index >= 15 is 0 Å². The van der Waals surface area contributed by atoms with Crippen LogP contribution in [0.3, 0.4) is 0 Å². The van der Waals surface area contributed by atoms with Gasteiger partial charge in [0.1, 0.15) is 18.1 Å². The molecule has 1 aliphatic rings. The summed E-state index contributed by atoms with van der Waals surface area (Å²) in [5.74, 6) is 1.05. The smallest absolute Gasteiger partial charge is 0.270 e. The number of hydrogen-bond donors (Lipinski definition) is 0. The van der Waals surface area contributed by atoms with E-state index in [9.17, 15) is 4.79 Å². The normalized spacial score (nSPS) is 14.4. The molecule has 5 nitrogen and oxygen atoms in total. The highest BCUT2D eigenvalue weighted by Gasteiger charge is 2.34. The molecule has 3 aromatic rings. The number of methoxy groups -OCH3 is 1. The van der Waals surface area contributed by atoms with E-state index in [1.54, 1.807) is 25.3 Å². The van der Waals surface area contributed by atoms with Gasteiger partial charge in [-0.25, -0.2) is 0 Å². The molecule has 0 radical (unpaired) electrons. The fourth-order valence-corrected chi connectivity index (χ4v) is 5.46. The van der Waals surface area contributed by atoms with Crippen LogP contribution in [0.1, 0.15) is 25.0 Å². The van der Waals surface area contributed by atoms with E-state index in [4.69, 9.17) is 33.3 Å². The van der Waals surface area contributed by atoms with Crippen molar-refractivity contribution in [1.29, 1.82) is 0 Å². The average molecular weight is 539 g/mol. The molecule has 0 unspecified atom stereocenters. The zero-order valence-electron chi connectivity index (χ0n) is 20.4. The maximum atomic E-state index is 13.4. The van der Waals surface area contributed by atoms with Gasteiger partial charge in [0.05, 0.1) is 22.7 Å². The number of halogens is 1. The van der Waals surface area contributed by atoms with Crippen LogP contribution in [0.4, 0.5) is 11.4 Å². The van der Waals surface area contributed by atoms with Crippen molar-refractivity contribution in [3.8, 4) is 11.5 Å². The second-order valence-corrected chi connectivity index (χ2v) is 10.1. The van der Waals surface area contributed by atoms with Crippen molar-refractivity contribution < 1.29 is 14.3 Å². The lowest BCUT2D eigenvalue weighted by Crippen LogP contribution is -2.27. The maximum absolute atomic E-state index is 13.4. The van der Waals surface area contributed by atoms with Crippen molar-refractivity contribution in [2.75, 3.05) is 30.0 Å². The van der Waals surface area contributed by atoms with Crippen LogP contribution >= 0.6 is 35.6 Å². The number of benzene rings is 3. The molecule has 3 aromatic carbocycles. The SMILES string of the molecule is CCN(CC)c1ccc(/C=C2/SC(=S)N(c3ccc(OC)c(Cl)c3)C2=O)c(OCc2ccccc2)c1. The van der Waals surface area contributed by atoms with E-state index in [1.807, 2.05) is 48.5 Å². The van der Waals surface area contributed by atoms with Crippen LogP contribution in [0, 0.1) is 0 Å². The monoisotopic (exact) mass is 538 g/mol. The number of nitrogens with zero attached hydrogens (tertiary/aromatic N) is 2. The fraction of sp³-hybridized carbons (Fsp3) is 0.214. The van der Waals surface area contributed by atoms with Gasteiger partial charge in [-0.15, -0.1) is 0 Å². The molecular formula is C28H27ClN2O3S2. The predicted molar refractivity (Wildman–Crippen MR) is 154 cm³/mol. The summed E-state index contributed by atoms with van der Waals surface area (Å²) < 4.78 is 11.9. The Labute approximate surface area is 226 Å². The van der Waals surface area contributed by atoms with Crippen LogP contribution in [-0.4, -0.2) is 30.4 Å². The van der Waals surface area contributed by atoms with Gasteiger partial charge >= 0.3 is 0 Å². The number of anilines is 2. The zero-order chi connectivity index (χ0) is 25.7. The quantitative estimate of drug-likeness (QED) is 0.212. The van der Waals surface area contributed by atoms with Gasteiger partial charge in [-0.3, -0.25) is 9.69 Å². The molecule has 0 N–H and O–H groups in total. The number of thioether (sulfide) groups is 1. The first-order valence-corrected chi connectivity index (χ1v) is 13.2. The topological polar surface area (TPSA) is 42.0 Å². The third kappa shape index (κ3) is 5.69. The van der Waals surface area contributed by atoms with Crippen molar-refractivity contribution in [3.05, 3.63) is 87.8 Å². The molecule has 1 fully saturated rings. The molecule has 0 aliphatic carbocycles. The van der Waals surface area contributed by atoms with Crippen molar-refractivity contribution in [2.24, 2.45) is 0 Å². The number of ether oxygens (including phenoxy) is 2. The minimum Gasteiger partial charge on any atom is -0.495 e. The molecule has 0 bridgehead atoms. The molecule has 36 heavy (non-hydrogen) atoms. The Morgan fingerprint density at radius 2 is 1.78 bits per heavy atom. The van der Waals surface area contributed by atoms with Crippen LogP contribution in [0.5, 0.6) is 11.5 Å². The van der Waals surface area contributed by atoms with Gasteiger partial charge in [-0.1, -0.05) is 65.9 Å². The van der Waals surface area contributed by atoms with E-state index in [-0.39, 0.29) is 5.91 Å². The molecule has 1 aliphatic heterocycles. The predicted octanol–water partition coefficient (Wildman–Crippen LogP) is 7.18. The van der Waals surface area contributed by atoms with Crippen LogP contribution in [0.15, 0.2) is 71.6 Å². The lowest BCUT2D eigenvalue weighted by molar-refractivity contribution is -0.113. The highest BCUT2D eigenvalue weighted by atomic mass is 35.5. The van der Waals surface area contributed by atoms with Gasteiger partial charge in [0.25, 0.3) is 5.91 Å². The van der Waals surface area contributed by atoms with Crippen LogP contribution in [0.2, 0.25) is 5.02 Å². The molecule has 0 aromatic heterocycles. The van der Waals surface area contributed by atoms with E-state index < -0.39 is 0 Å². The van der Waals surface area contributed by atoms with Crippen LogP contribution in [0.25, 0.3) is 6.08 Å². The van der Waals surface area contributed by atoms with E-state index in [1.165, 1.54) is 16.7 Å². The Balaban J connectivity index is 1.66. The summed E-state index contributed by atoms with van der Waals surface area (Å²) in [7, 11) is 1.55.